The van der Waals surface area contributed by atoms with E-state index in [1.807, 2.05) is 0 Å². The number of nitrogens with zero attached hydrogens (tertiary/aromatic N) is 1. The van der Waals surface area contributed by atoms with Crippen molar-refractivity contribution in [3.8, 4) is 0 Å². The predicted octanol–water partition coefficient (Wildman–Crippen LogP) is 0.959. The summed E-state index contributed by atoms with van der Waals surface area (Å²) in [5, 5.41) is 9.08. The first-order valence-electron chi connectivity index (χ1n) is 5.44. The van der Waals surface area contributed by atoms with Crippen LogP contribution in [0.3, 0.4) is 0 Å². The van der Waals surface area contributed by atoms with Gasteiger partial charge in [-0.2, -0.15) is 0 Å². The molecule has 0 atom stereocenters. The molecule has 1 rings (SSSR count). The number of aliphatic hydroxyl groups is 1. The lowest BCUT2D eigenvalue weighted by molar-refractivity contribution is -0.0434. The lowest BCUT2D eigenvalue weighted by Crippen LogP contribution is -2.63. The molecule has 0 bridgehead atoms. The molecule has 3 N–H and O–H groups in total. The summed E-state index contributed by atoms with van der Waals surface area (Å²) in [6.45, 7) is 9.81. The van der Waals surface area contributed by atoms with Gasteiger partial charge in [0.15, 0.2) is 0 Å². The minimum absolute atomic E-state index is 0.101. The first kappa shape index (κ1) is 12.0. The molecule has 0 aliphatic carbocycles. The monoisotopic (exact) mass is 200 g/mol. The average molecular weight is 200 g/mol. The smallest absolute Gasteiger partial charge is 0.0558 e. The largest absolute Gasteiger partial charge is 0.395 e. The Kier molecular flexibility index (Phi) is 3.24. The minimum atomic E-state index is 0.101. The van der Waals surface area contributed by atoms with Crippen molar-refractivity contribution in [2.75, 3.05) is 13.2 Å². The first-order chi connectivity index (χ1) is 6.29. The van der Waals surface area contributed by atoms with Crippen LogP contribution >= 0.6 is 0 Å². The molecule has 0 radical (unpaired) electrons. The molecule has 1 heterocycles. The van der Waals surface area contributed by atoms with Gasteiger partial charge in [0.25, 0.3) is 0 Å². The molecule has 1 saturated heterocycles. The zero-order valence-corrected chi connectivity index (χ0v) is 9.88. The van der Waals surface area contributed by atoms with Crippen molar-refractivity contribution in [1.82, 2.24) is 4.90 Å². The third-order valence-corrected chi connectivity index (χ3v) is 3.31. The van der Waals surface area contributed by atoms with E-state index >= 15 is 0 Å². The maximum absolute atomic E-state index is 9.08. The van der Waals surface area contributed by atoms with Crippen molar-refractivity contribution in [3.63, 3.8) is 0 Å². The van der Waals surface area contributed by atoms with E-state index in [9.17, 15) is 0 Å². The normalized spacial score (nSPS) is 27.9. The molecule has 14 heavy (non-hydrogen) atoms. The molecule has 3 heteroatoms. The summed E-state index contributed by atoms with van der Waals surface area (Å²) in [5.41, 5.74) is 6.26. The molecule has 3 nitrogen and oxygen atoms in total. The van der Waals surface area contributed by atoms with E-state index in [-0.39, 0.29) is 23.7 Å². The van der Waals surface area contributed by atoms with Crippen molar-refractivity contribution >= 4 is 0 Å². The molecular formula is C11H24N2O. The van der Waals surface area contributed by atoms with Gasteiger partial charge in [0.2, 0.25) is 0 Å². The summed E-state index contributed by atoms with van der Waals surface area (Å²) >= 11 is 0. The number of aliphatic hydroxyl groups excluding tert-OH is 1. The van der Waals surface area contributed by atoms with Crippen molar-refractivity contribution in [2.45, 2.75) is 57.7 Å². The Hall–Kier alpha value is -0.120. The third kappa shape index (κ3) is 2.27. The summed E-state index contributed by atoms with van der Waals surface area (Å²) in [7, 11) is 0. The van der Waals surface area contributed by atoms with Crippen molar-refractivity contribution < 1.29 is 5.11 Å². The lowest BCUT2D eigenvalue weighted by Gasteiger charge is -2.54. The van der Waals surface area contributed by atoms with Crippen LogP contribution in [-0.4, -0.2) is 40.3 Å². The predicted molar refractivity (Wildman–Crippen MR) is 59.2 cm³/mol. The van der Waals surface area contributed by atoms with Gasteiger partial charge in [-0.05, 0) is 40.5 Å². The molecule has 0 aromatic rings. The highest BCUT2D eigenvalue weighted by Crippen LogP contribution is 2.37. The molecule has 84 valence electrons. The fourth-order valence-electron chi connectivity index (χ4n) is 3.10. The number of nitrogens with two attached hydrogens (primary N) is 1. The maximum atomic E-state index is 9.08. The second-order valence-electron chi connectivity index (χ2n) is 5.67. The van der Waals surface area contributed by atoms with Gasteiger partial charge in [-0.3, -0.25) is 4.90 Å². The maximum Gasteiger partial charge on any atom is 0.0558 e. The van der Waals surface area contributed by atoms with Crippen LogP contribution in [0.15, 0.2) is 0 Å². The number of β-amino-alcohol motifs (C(OH)–C–C–N with tert-alkyl or cyclic N) is 1. The SMILES string of the molecule is CC1(C)CC(N)CC(C)(C)N1CCO. The Labute approximate surface area is 87.3 Å². The first-order valence-corrected chi connectivity index (χ1v) is 5.44. The van der Waals surface area contributed by atoms with E-state index in [0.29, 0.717) is 0 Å². The molecule has 0 aromatic carbocycles. The standard InChI is InChI=1S/C11H24N2O/c1-10(2)7-9(12)8-11(3,4)13(10)5-6-14/h9,14H,5-8,12H2,1-4H3. The highest BCUT2D eigenvalue weighted by Gasteiger charge is 2.43. The fraction of sp³-hybridized carbons (Fsp3) is 1.00. The van der Waals surface area contributed by atoms with Crippen LogP contribution in [0, 0.1) is 0 Å². The molecule has 0 amide bonds. The van der Waals surface area contributed by atoms with Crippen LogP contribution in [0.25, 0.3) is 0 Å². The summed E-state index contributed by atoms with van der Waals surface area (Å²) in [5.74, 6) is 0. The fourth-order valence-corrected chi connectivity index (χ4v) is 3.10. The van der Waals surface area contributed by atoms with Gasteiger partial charge in [-0.15, -0.1) is 0 Å². The summed E-state index contributed by atoms with van der Waals surface area (Å²) < 4.78 is 0. The van der Waals surface area contributed by atoms with E-state index < -0.39 is 0 Å². The Bertz CT molecular complexity index is 183. The van der Waals surface area contributed by atoms with Crippen LogP contribution in [-0.2, 0) is 0 Å². The molecule has 1 fully saturated rings. The van der Waals surface area contributed by atoms with Gasteiger partial charge in [0, 0.05) is 23.7 Å². The van der Waals surface area contributed by atoms with Crippen molar-refractivity contribution in [1.29, 1.82) is 0 Å². The van der Waals surface area contributed by atoms with E-state index in [2.05, 4.69) is 32.6 Å². The topological polar surface area (TPSA) is 49.5 Å². The highest BCUT2D eigenvalue weighted by atomic mass is 16.3. The van der Waals surface area contributed by atoms with Gasteiger partial charge >= 0.3 is 0 Å². The number of likely N-dealkylation sites (tertiary alicyclic amines) is 1. The van der Waals surface area contributed by atoms with Gasteiger partial charge in [0.1, 0.15) is 0 Å². The minimum Gasteiger partial charge on any atom is -0.395 e. The number of hydrogen-bond donors (Lipinski definition) is 2. The van der Waals surface area contributed by atoms with Gasteiger partial charge in [-0.25, -0.2) is 0 Å². The average Bonchev–Trinajstić information content (AvgIpc) is 1.94. The Morgan fingerprint density at radius 2 is 1.64 bits per heavy atom. The van der Waals surface area contributed by atoms with Crippen LogP contribution in [0.5, 0.6) is 0 Å². The van der Waals surface area contributed by atoms with Crippen LogP contribution < -0.4 is 5.73 Å². The number of piperidine rings is 1. The molecule has 1 aliphatic heterocycles. The molecule has 0 aromatic heterocycles. The Balaban J connectivity index is 2.85. The molecule has 0 unspecified atom stereocenters. The van der Waals surface area contributed by atoms with Gasteiger partial charge in [-0.1, -0.05) is 0 Å². The molecule has 0 saturated carbocycles. The van der Waals surface area contributed by atoms with E-state index in [1.165, 1.54) is 0 Å². The third-order valence-electron chi connectivity index (χ3n) is 3.31. The summed E-state index contributed by atoms with van der Waals surface area (Å²) in [6.07, 6.45) is 2.02. The zero-order chi connectivity index (χ0) is 11.0. The van der Waals surface area contributed by atoms with Crippen molar-refractivity contribution in [2.24, 2.45) is 5.73 Å². The second kappa shape index (κ2) is 3.80. The van der Waals surface area contributed by atoms with Crippen LogP contribution in [0.1, 0.15) is 40.5 Å². The second-order valence-corrected chi connectivity index (χ2v) is 5.67. The Morgan fingerprint density at radius 3 is 2.00 bits per heavy atom. The molecular weight excluding hydrogens is 176 g/mol. The molecule has 1 aliphatic rings. The molecule has 0 spiro atoms. The summed E-state index contributed by atoms with van der Waals surface area (Å²) in [4.78, 5) is 2.38. The van der Waals surface area contributed by atoms with Crippen LogP contribution in [0.2, 0.25) is 0 Å². The van der Waals surface area contributed by atoms with Gasteiger partial charge < -0.3 is 10.8 Å². The van der Waals surface area contributed by atoms with Crippen molar-refractivity contribution in [3.05, 3.63) is 0 Å². The van der Waals surface area contributed by atoms with E-state index in [1.54, 1.807) is 0 Å². The van der Waals surface area contributed by atoms with Gasteiger partial charge in [0.05, 0.1) is 6.61 Å². The van der Waals surface area contributed by atoms with Crippen LogP contribution in [0.4, 0.5) is 0 Å². The zero-order valence-electron chi connectivity index (χ0n) is 9.88. The lowest BCUT2D eigenvalue weighted by atomic mass is 9.77. The highest BCUT2D eigenvalue weighted by molar-refractivity contribution is 5.01. The quantitative estimate of drug-likeness (QED) is 0.698. The number of hydrogen-bond acceptors (Lipinski definition) is 3. The van der Waals surface area contributed by atoms with E-state index in [0.717, 1.165) is 19.4 Å². The van der Waals surface area contributed by atoms with E-state index in [4.69, 9.17) is 10.8 Å². The number of rotatable bonds is 2. The Morgan fingerprint density at radius 1 is 1.21 bits per heavy atom. The summed E-state index contributed by atoms with van der Waals surface area (Å²) in [6, 6.07) is 0.287.